The van der Waals surface area contributed by atoms with Gasteiger partial charge in [-0.2, -0.15) is 0 Å². The Balaban J connectivity index is 1.89. The highest BCUT2D eigenvalue weighted by Gasteiger charge is 2.05. The molecule has 1 atom stereocenters. The van der Waals surface area contributed by atoms with E-state index in [9.17, 15) is 4.79 Å². The number of halogens is 1. The number of nitrogens with one attached hydrogen (secondary N) is 1. The fraction of sp³-hybridized carbons (Fsp3) is 0.353. The summed E-state index contributed by atoms with van der Waals surface area (Å²) in [6, 6.07) is 14.4. The Labute approximate surface area is 128 Å². The molecule has 0 heterocycles. The van der Waals surface area contributed by atoms with Crippen molar-refractivity contribution in [1.82, 2.24) is 5.32 Å². The van der Waals surface area contributed by atoms with Crippen LogP contribution >= 0.6 is 15.9 Å². The molecule has 1 N–H and O–H groups in total. The highest BCUT2D eigenvalue weighted by atomic mass is 79.9. The summed E-state index contributed by atoms with van der Waals surface area (Å²) in [7, 11) is 0. The smallest absolute Gasteiger partial charge is 0.224 e. The first-order valence-electron chi connectivity index (χ1n) is 7.07. The number of hydrogen-bond acceptors (Lipinski definition) is 1. The number of alkyl halides is 1. The van der Waals surface area contributed by atoms with Crippen LogP contribution in [0.4, 0.5) is 0 Å². The van der Waals surface area contributed by atoms with Gasteiger partial charge >= 0.3 is 0 Å². The molecule has 2 rings (SSSR count). The minimum Gasteiger partial charge on any atom is -0.356 e. The van der Waals surface area contributed by atoms with Crippen molar-refractivity contribution >= 4 is 32.6 Å². The van der Waals surface area contributed by atoms with Crippen molar-refractivity contribution in [1.29, 1.82) is 0 Å². The first-order chi connectivity index (χ1) is 9.69. The number of rotatable bonds is 6. The second kappa shape index (κ2) is 7.44. The lowest BCUT2D eigenvalue weighted by molar-refractivity contribution is -0.120. The van der Waals surface area contributed by atoms with Crippen LogP contribution in [-0.2, 0) is 11.2 Å². The van der Waals surface area contributed by atoms with E-state index in [2.05, 4.69) is 52.4 Å². The van der Waals surface area contributed by atoms with Gasteiger partial charge in [0.05, 0.1) is 6.42 Å². The highest BCUT2D eigenvalue weighted by Crippen LogP contribution is 2.16. The van der Waals surface area contributed by atoms with Crippen molar-refractivity contribution in [3.05, 3.63) is 48.0 Å². The Kier molecular flexibility index (Phi) is 5.60. The molecule has 0 aliphatic heterocycles. The molecular formula is C17H20BrNO. The van der Waals surface area contributed by atoms with Gasteiger partial charge in [-0.3, -0.25) is 4.79 Å². The van der Waals surface area contributed by atoms with E-state index in [1.54, 1.807) is 0 Å². The van der Waals surface area contributed by atoms with E-state index < -0.39 is 0 Å². The first-order valence-corrected chi connectivity index (χ1v) is 7.99. The molecule has 0 spiro atoms. The van der Waals surface area contributed by atoms with Gasteiger partial charge in [-0.1, -0.05) is 65.3 Å². The predicted octanol–water partition coefficient (Wildman–Crippen LogP) is 4.06. The van der Waals surface area contributed by atoms with Crippen LogP contribution in [0.3, 0.4) is 0 Å². The number of carbonyl (C=O) groups excluding carboxylic acids is 1. The molecule has 2 nitrogen and oxygen atoms in total. The van der Waals surface area contributed by atoms with Crippen molar-refractivity contribution < 1.29 is 4.79 Å². The van der Waals surface area contributed by atoms with Gasteiger partial charge in [0, 0.05) is 11.4 Å². The Morgan fingerprint density at radius 1 is 1.20 bits per heavy atom. The minimum absolute atomic E-state index is 0.0936. The molecular weight excluding hydrogens is 314 g/mol. The van der Waals surface area contributed by atoms with E-state index in [1.165, 1.54) is 10.8 Å². The molecule has 0 saturated carbocycles. The number of fused-ring (bicyclic) bond motifs is 1. The average Bonchev–Trinajstić information content (AvgIpc) is 2.47. The molecule has 20 heavy (non-hydrogen) atoms. The van der Waals surface area contributed by atoms with E-state index in [1.807, 2.05) is 18.2 Å². The maximum Gasteiger partial charge on any atom is 0.224 e. The van der Waals surface area contributed by atoms with Crippen molar-refractivity contribution in [2.24, 2.45) is 0 Å². The van der Waals surface area contributed by atoms with Crippen LogP contribution in [-0.4, -0.2) is 17.3 Å². The normalized spacial score (nSPS) is 12.3. The fourth-order valence-corrected chi connectivity index (χ4v) is 2.40. The third kappa shape index (κ3) is 4.34. The Hall–Kier alpha value is -1.35. The molecule has 1 unspecified atom stereocenters. The molecule has 0 aliphatic carbocycles. The largest absolute Gasteiger partial charge is 0.356 e. The number of benzene rings is 2. The maximum absolute atomic E-state index is 11.9. The lowest BCUT2D eigenvalue weighted by Gasteiger charge is -2.08. The standard InChI is InChI=1S/C17H20BrNO/c1-2-16(18)9-10-19-17(20)12-13-7-8-14-5-3-4-6-15(14)11-13/h3-8,11,16H,2,9-10,12H2,1H3,(H,19,20). The van der Waals surface area contributed by atoms with E-state index in [0.717, 1.165) is 24.9 Å². The van der Waals surface area contributed by atoms with Crippen LogP contribution < -0.4 is 5.32 Å². The van der Waals surface area contributed by atoms with Gasteiger partial charge in [0.2, 0.25) is 5.91 Å². The van der Waals surface area contributed by atoms with Crippen LogP contribution in [0.1, 0.15) is 25.3 Å². The van der Waals surface area contributed by atoms with Crippen molar-refractivity contribution in [3.8, 4) is 0 Å². The monoisotopic (exact) mass is 333 g/mol. The number of amides is 1. The van der Waals surface area contributed by atoms with Gasteiger partial charge in [0.25, 0.3) is 0 Å². The number of carbonyl (C=O) groups is 1. The first kappa shape index (κ1) is 15.0. The molecule has 1 amide bonds. The average molecular weight is 334 g/mol. The zero-order valence-corrected chi connectivity index (χ0v) is 13.3. The second-order valence-electron chi connectivity index (χ2n) is 5.00. The summed E-state index contributed by atoms with van der Waals surface area (Å²) in [6.45, 7) is 2.87. The molecule has 2 aromatic carbocycles. The summed E-state index contributed by atoms with van der Waals surface area (Å²) in [5.74, 6) is 0.0936. The van der Waals surface area contributed by atoms with Crippen LogP contribution in [0.5, 0.6) is 0 Å². The van der Waals surface area contributed by atoms with E-state index in [0.29, 0.717) is 11.2 Å². The van der Waals surface area contributed by atoms with Gasteiger partial charge in [-0.25, -0.2) is 0 Å². The summed E-state index contributed by atoms with van der Waals surface area (Å²) in [5, 5.41) is 5.37. The molecule has 3 heteroatoms. The van der Waals surface area contributed by atoms with E-state index >= 15 is 0 Å². The molecule has 0 aromatic heterocycles. The maximum atomic E-state index is 11.9. The predicted molar refractivity (Wildman–Crippen MR) is 88.3 cm³/mol. The summed E-state index contributed by atoms with van der Waals surface area (Å²) < 4.78 is 0. The minimum atomic E-state index is 0.0936. The van der Waals surface area contributed by atoms with Gasteiger partial charge < -0.3 is 5.32 Å². The quantitative estimate of drug-likeness (QED) is 0.793. The number of hydrogen-bond donors (Lipinski definition) is 1. The Bertz CT molecular complexity index is 582. The van der Waals surface area contributed by atoms with Crippen molar-refractivity contribution in [3.63, 3.8) is 0 Å². The molecule has 0 bridgehead atoms. The molecule has 2 aromatic rings. The summed E-state index contributed by atoms with van der Waals surface area (Å²) >= 11 is 3.57. The Morgan fingerprint density at radius 2 is 1.95 bits per heavy atom. The summed E-state index contributed by atoms with van der Waals surface area (Å²) in [4.78, 5) is 12.4. The highest BCUT2D eigenvalue weighted by molar-refractivity contribution is 9.09. The van der Waals surface area contributed by atoms with Gasteiger partial charge in [0.1, 0.15) is 0 Å². The summed E-state index contributed by atoms with van der Waals surface area (Å²) in [6.07, 6.45) is 2.50. The molecule has 106 valence electrons. The molecule has 0 fully saturated rings. The Morgan fingerprint density at radius 3 is 2.70 bits per heavy atom. The SMILES string of the molecule is CCC(Br)CCNC(=O)Cc1ccc2ccccc2c1. The van der Waals surface area contributed by atoms with E-state index in [4.69, 9.17) is 0 Å². The van der Waals surface area contributed by atoms with Gasteiger partial charge in [-0.05, 0) is 29.2 Å². The fourth-order valence-electron chi connectivity index (χ4n) is 2.17. The third-order valence-corrected chi connectivity index (χ3v) is 4.51. The van der Waals surface area contributed by atoms with Crippen molar-refractivity contribution in [2.75, 3.05) is 6.54 Å². The lowest BCUT2D eigenvalue weighted by atomic mass is 10.0. The van der Waals surface area contributed by atoms with Crippen LogP contribution in [0.25, 0.3) is 10.8 Å². The van der Waals surface area contributed by atoms with Gasteiger partial charge in [-0.15, -0.1) is 0 Å². The van der Waals surface area contributed by atoms with E-state index in [-0.39, 0.29) is 5.91 Å². The zero-order chi connectivity index (χ0) is 14.4. The third-order valence-electron chi connectivity index (χ3n) is 3.40. The van der Waals surface area contributed by atoms with Crippen LogP contribution in [0, 0.1) is 0 Å². The zero-order valence-electron chi connectivity index (χ0n) is 11.7. The van der Waals surface area contributed by atoms with Crippen LogP contribution in [0.2, 0.25) is 0 Å². The molecule has 0 radical (unpaired) electrons. The molecule has 0 aliphatic rings. The van der Waals surface area contributed by atoms with Crippen molar-refractivity contribution in [2.45, 2.75) is 31.0 Å². The van der Waals surface area contributed by atoms with Crippen LogP contribution in [0.15, 0.2) is 42.5 Å². The molecule has 0 saturated heterocycles. The summed E-state index contributed by atoms with van der Waals surface area (Å²) in [5.41, 5.74) is 1.06. The van der Waals surface area contributed by atoms with Gasteiger partial charge in [0.15, 0.2) is 0 Å². The topological polar surface area (TPSA) is 29.1 Å². The lowest BCUT2D eigenvalue weighted by Crippen LogP contribution is -2.27. The second-order valence-corrected chi connectivity index (χ2v) is 6.30.